The highest BCUT2D eigenvalue weighted by atomic mass is 19.4. The number of ether oxygens (including phenoxy) is 2. The Kier molecular flexibility index (Phi) is 6.55. The Morgan fingerprint density at radius 3 is 2.60 bits per heavy atom. The molecule has 12 heteroatoms. The third-order valence-electron chi connectivity index (χ3n) is 4.59. The zero-order valence-corrected chi connectivity index (χ0v) is 15.5. The molecule has 2 aliphatic heterocycles. The van der Waals surface area contributed by atoms with Crippen LogP contribution in [-0.4, -0.2) is 69.4 Å². The monoisotopic (exact) mass is 429 g/mol. The summed E-state index contributed by atoms with van der Waals surface area (Å²) < 4.78 is 48.5. The second-order valence-electron chi connectivity index (χ2n) is 6.48. The average Bonchev–Trinajstić information content (AvgIpc) is 3.41. The van der Waals surface area contributed by atoms with Gasteiger partial charge >= 0.3 is 12.1 Å². The molecular weight excluding hydrogens is 411 g/mol. The van der Waals surface area contributed by atoms with Crippen molar-refractivity contribution >= 4 is 11.9 Å². The van der Waals surface area contributed by atoms with Crippen molar-refractivity contribution in [2.45, 2.75) is 37.3 Å². The lowest BCUT2D eigenvalue weighted by Gasteiger charge is -2.40. The Hall–Kier alpha value is -3.15. The lowest BCUT2D eigenvalue weighted by atomic mass is 9.95. The summed E-state index contributed by atoms with van der Waals surface area (Å²) in [5.74, 6) is -2.29. The number of piperidine rings is 1. The van der Waals surface area contributed by atoms with Crippen molar-refractivity contribution in [2.75, 3.05) is 13.2 Å². The molecule has 9 nitrogen and oxygen atoms in total. The fourth-order valence-electron chi connectivity index (χ4n) is 3.30. The molecule has 2 saturated heterocycles. The van der Waals surface area contributed by atoms with Crippen LogP contribution in [-0.2, 0) is 9.53 Å². The number of likely N-dealkylation sites (tertiary alicyclic amines) is 1. The first kappa shape index (κ1) is 21.6. The van der Waals surface area contributed by atoms with Gasteiger partial charge in [0.1, 0.15) is 18.5 Å². The maximum Gasteiger partial charge on any atom is 0.490 e. The molecule has 0 unspecified atom stereocenters. The molecule has 2 aromatic heterocycles. The molecule has 30 heavy (non-hydrogen) atoms. The van der Waals surface area contributed by atoms with E-state index in [0.29, 0.717) is 31.1 Å². The molecule has 0 spiro atoms. The molecule has 1 amide bonds. The number of fused-ring (bicyclic) bond motifs is 1. The van der Waals surface area contributed by atoms with Crippen LogP contribution in [0.1, 0.15) is 23.3 Å². The summed E-state index contributed by atoms with van der Waals surface area (Å²) >= 11 is 0. The minimum Gasteiger partial charge on any atom is -0.475 e. The largest absolute Gasteiger partial charge is 0.490 e. The maximum atomic E-state index is 12.6. The number of carboxylic acid groups (broad SMARTS) is 1. The van der Waals surface area contributed by atoms with Crippen molar-refractivity contribution in [1.82, 2.24) is 14.9 Å². The number of pyridine rings is 1. The number of carbonyl (C=O) groups is 2. The molecule has 1 N–H and O–H groups in total. The van der Waals surface area contributed by atoms with Gasteiger partial charge in [-0.25, -0.2) is 14.8 Å². The number of aromatic nitrogens is 2. The molecule has 4 heterocycles. The van der Waals surface area contributed by atoms with Gasteiger partial charge in [0.25, 0.3) is 5.91 Å². The first-order valence-electron chi connectivity index (χ1n) is 8.96. The van der Waals surface area contributed by atoms with Gasteiger partial charge in [0, 0.05) is 31.8 Å². The van der Waals surface area contributed by atoms with Gasteiger partial charge in [-0.05, 0) is 12.5 Å². The van der Waals surface area contributed by atoms with Crippen molar-refractivity contribution in [1.29, 1.82) is 0 Å². The number of hydrogen-bond donors (Lipinski definition) is 1. The highest BCUT2D eigenvalue weighted by Crippen LogP contribution is 2.31. The number of nitrogens with zero attached hydrogens (tertiary/aromatic N) is 3. The van der Waals surface area contributed by atoms with Gasteiger partial charge in [0.2, 0.25) is 5.88 Å². The van der Waals surface area contributed by atoms with Crippen LogP contribution in [0.25, 0.3) is 0 Å². The van der Waals surface area contributed by atoms with Crippen molar-refractivity contribution in [3.8, 4) is 5.88 Å². The highest BCUT2D eigenvalue weighted by Gasteiger charge is 2.46. The second kappa shape index (κ2) is 9.11. The van der Waals surface area contributed by atoms with Crippen molar-refractivity contribution in [3.63, 3.8) is 0 Å². The topological polar surface area (TPSA) is 115 Å². The van der Waals surface area contributed by atoms with Crippen LogP contribution in [0.4, 0.5) is 13.2 Å². The van der Waals surface area contributed by atoms with E-state index >= 15 is 0 Å². The predicted octanol–water partition coefficient (Wildman–Crippen LogP) is 2.15. The van der Waals surface area contributed by atoms with Crippen LogP contribution in [0.5, 0.6) is 5.88 Å². The predicted molar refractivity (Wildman–Crippen MR) is 92.6 cm³/mol. The number of oxazole rings is 1. The van der Waals surface area contributed by atoms with Crippen LogP contribution < -0.4 is 4.74 Å². The van der Waals surface area contributed by atoms with Crippen molar-refractivity contribution < 1.29 is 41.8 Å². The SMILES string of the molecule is O=C(O)C(F)(F)F.O=C(c1cocn1)N1CC[C@@H](Oc2ccccn2)[C@H]2OCC[C@@H]21. The Morgan fingerprint density at radius 2 is 2.00 bits per heavy atom. The Balaban J connectivity index is 0.000000318. The molecule has 0 bridgehead atoms. The number of rotatable bonds is 3. The highest BCUT2D eigenvalue weighted by molar-refractivity contribution is 5.92. The number of hydrogen-bond acceptors (Lipinski definition) is 7. The average molecular weight is 429 g/mol. The summed E-state index contributed by atoms with van der Waals surface area (Å²) in [5, 5.41) is 7.12. The third kappa shape index (κ3) is 5.06. The van der Waals surface area contributed by atoms with Gasteiger partial charge in [0.15, 0.2) is 12.1 Å². The molecule has 4 rings (SSSR count). The standard InChI is InChI=1S/C16H17N3O4.C2HF3O2/c20-16(11-9-21-10-18-11)19-7-4-13(15-12(19)5-8-22-15)23-14-3-1-2-6-17-14;3-2(4,5)1(6)7/h1-3,6,9-10,12-13,15H,4-5,7-8H2;(H,6,7)/t12-,13+,15-;/m0./s1. The number of aliphatic carboxylic acids is 1. The van der Waals surface area contributed by atoms with E-state index in [4.69, 9.17) is 23.8 Å². The van der Waals surface area contributed by atoms with Crippen LogP contribution in [0.3, 0.4) is 0 Å². The second-order valence-corrected chi connectivity index (χ2v) is 6.48. The van der Waals surface area contributed by atoms with Crippen molar-refractivity contribution in [2.24, 2.45) is 0 Å². The van der Waals surface area contributed by atoms with E-state index in [1.807, 2.05) is 23.1 Å². The van der Waals surface area contributed by atoms with E-state index in [1.54, 1.807) is 6.20 Å². The molecule has 0 aliphatic carbocycles. The normalized spacial score (nSPS) is 23.2. The lowest BCUT2D eigenvalue weighted by molar-refractivity contribution is -0.192. The van der Waals surface area contributed by atoms with Gasteiger partial charge in [-0.2, -0.15) is 13.2 Å². The van der Waals surface area contributed by atoms with E-state index in [1.165, 1.54) is 12.7 Å². The maximum absolute atomic E-state index is 12.6. The molecule has 2 aliphatic rings. The Bertz CT molecular complexity index is 847. The quantitative estimate of drug-likeness (QED) is 0.789. The summed E-state index contributed by atoms with van der Waals surface area (Å²) in [6.07, 6.45) is 0.528. The number of halogens is 3. The van der Waals surface area contributed by atoms with Gasteiger partial charge in [-0.1, -0.05) is 6.07 Å². The molecule has 3 atom stereocenters. The summed E-state index contributed by atoms with van der Waals surface area (Å²) in [7, 11) is 0. The number of carbonyl (C=O) groups excluding carboxylic acids is 1. The molecule has 0 aromatic carbocycles. The van der Waals surface area contributed by atoms with E-state index < -0.39 is 12.1 Å². The molecule has 2 fully saturated rings. The van der Waals surface area contributed by atoms with Crippen LogP contribution >= 0.6 is 0 Å². The molecule has 0 radical (unpaired) electrons. The number of alkyl halides is 3. The van der Waals surface area contributed by atoms with Gasteiger partial charge in [-0.3, -0.25) is 4.79 Å². The van der Waals surface area contributed by atoms with Crippen molar-refractivity contribution in [3.05, 3.63) is 42.7 Å². The zero-order chi connectivity index (χ0) is 21.7. The van der Waals surface area contributed by atoms with Gasteiger partial charge in [-0.15, -0.1) is 0 Å². The molecular formula is C18H18F3N3O6. The molecule has 2 aromatic rings. The zero-order valence-electron chi connectivity index (χ0n) is 15.5. The minimum atomic E-state index is -5.08. The van der Waals surface area contributed by atoms with Crippen LogP contribution in [0, 0.1) is 0 Å². The van der Waals surface area contributed by atoms with Gasteiger partial charge < -0.3 is 23.9 Å². The van der Waals surface area contributed by atoms with Gasteiger partial charge in [0.05, 0.1) is 6.04 Å². The smallest absolute Gasteiger partial charge is 0.475 e. The first-order chi connectivity index (χ1) is 14.3. The Morgan fingerprint density at radius 1 is 1.23 bits per heavy atom. The van der Waals surface area contributed by atoms with E-state index in [2.05, 4.69) is 9.97 Å². The van der Waals surface area contributed by atoms with E-state index in [-0.39, 0.29) is 24.2 Å². The van der Waals surface area contributed by atoms with Crippen LogP contribution in [0.2, 0.25) is 0 Å². The third-order valence-corrected chi connectivity index (χ3v) is 4.59. The molecule has 162 valence electrons. The lowest BCUT2D eigenvalue weighted by Crippen LogP contribution is -2.56. The summed E-state index contributed by atoms with van der Waals surface area (Å²) in [4.78, 5) is 31.4. The summed E-state index contributed by atoms with van der Waals surface area (Å²) in [6.45, 7) is 1.23. The number of amides is 1. The fourth-order valence-corrected chi connectivity index (χ4v) is 3.30. The summed E-state index contributed by atoms with van der Waals surface area (Å²) in [5.41, 5.74) is 0.333. The Labute approximate surface area is 168 Å². The molecule has 0 saturated carbocycles. The summed E-state index contributed by atoms with van der Waals surface area (Å²) in [6, 6.07) is 5.57. The van der Waals surface area contributed by atoms with E-state index in [9.17, 15) is 18.0 Å². The fraction of sp³-hybridized carbons (Fsp3) is 0.444. The first-order valence-corrected chi connectivity index (χ1v) is 8.96. The van der Waals surface area contributed by atoms with E-state index in [0.717, 1.165) is 6.42 Å². The number of carboxylic acids is 1. The van der Waals surface area contributed by atoms with Crippen LogP contribution in [0.15, 0.2) is 41.5 Å². The minimum absolute atomic E-state index is 0.00154.